The number of nitrogens with two attached hydrogens (primary N) is 1. The number of aliphatic hydroxyl groups is 1. The summed E-state index contributed by atoms with van der Waals surface area (Å²) in [7, 11) is 0. The number of hydrogen-bond acceptors (Lipinski definition) is 6. The Labute approximate surface area is 83.3 Å². The molecular weight excluding hydrogens is 214 g/mol. The van der Waals surface area contributed by atoms with Gasteiger partial charge in [-0.3, -0.25) is 9.59 Å². The zero-order chi connectivity index (χ0) is 12.6. The number of carboxylic acid groups (broad SMARTS) is 3. The van der Waals surface area contributed by atoms with Gasteiger partial charge in [-0.1, -0.05) is 0 Å². The van der Waals surface area contributed by atoms with Gasteiger partial charge in [0.05, 0.1) is 12.8 Å². The molecule has 0 saturated carbocycles. The zero-order valence-electron chi connectivity index (χ0n) is 7.45. The molecule has 0 aromatic carbocycles. The molecule has 0 radical (unpaired) electrons. The molecule has 0 amide bonds. The maximum Gasteiger partial charge on any atom is 0.336 e. The summed E-state index contributed by atoms with van der Waals surface area (Å²) in [5.74, 6) is -1.52. The average Bonchev–Trinajstić information content (AvgIpc) is 2.04. The smallest absolute Gasteiger partial charge is 0.336 e. The highest BCUT2D eigenvalue weighted by Crippen LogP contribution is 2.15. The minimum absolute atomic E-state index is 1.14. The van der Waals surface area contributed by atoms with E-state index in [9.17, 15) is 14.4 Å². The van der Waals surface area contributed by atoms with E-state index in [0.29, 0.717) is 0 Å². The van der Waals surface area contributed by atoms with E-state index in [1.165, 1.54) is 0 Å². The first kappa shape index (κ1) is 15.7. The van der Waals surface area contributed by atoms with Gasteiger partial charge in [0.25, 0.3) is 0 Å². The highest BCUT2D eigenvalue weighted by atomic mass is 16.4. The van der Waals surface area contributed by atoms with Crippen molar-refractivity contribution in [3.05, 3.63) is 0 Å². The summed E-state index contributed by atoms with van der Waals surface area (Å²) in [6, 6.07) is 0. The highest BCUT2D eigenvalue weighted by Gasteiger charge is 2.40. The van der Waals surface area contributed by atoms with E-state index in [1.807, 2.05) is 0 Å². The normalized spacial score (nSPS) is 9.80. The van der Waals surface area contributed by atoms with Crippen molar-refractivity contribution in [2.45, 2.75) is 18.4 Å². The molecule has 0 atom stereocenters. The van der Waals surface area contributed by atoms with Crippen LogP contribution in [0.2, 0.25) is 0 Å². The van der Waals surface area contributed by atoms with Crippen LogP contribution in [0.5, 0.6) is 0 Å². The van der Waals surface area contributed by atoms with E-state index in [-0.39, 0.29) is 0 Å². The first-order valence-electron chi connectivity index (χ1n) is 3.43. The summed E-state index contributed by atoms with van der Waals surface area (Å²) in [4.78, 5) is 30.5. The molecule has 0 bridgehead atoms. The van der Waals surface area contributed by atoms with Crippen LogP contribution >= 0.6 is 0 Å². The Morgan fingerprint density at radius 3 is 1.33 bits per heavy atom. The SMILES string of the molecule is NO.O=C(O)CC(O)(CC(=O)O)C(=O)O. The predicted molar refractivity (Wildman–Crippen MR) is 43.1 cm³/mol. The molecule has 0 aliphatic rings. The summed E-state index contributed by atoms with van der Waals surface area (Å²) in [6.07, 6.45) is -2.29. The van der Waals surface area contributed by atoms with Crippen molar-refractivity contribution < 1.29 is 40.0 Å². The maximum absolute atomic E-state index is 10.3. The molecule has 15 heavy (non-hydrogen) atoms. The van der Waals surface area contributed by atoms with E-state index in [2.05, 4.69) is 5.90 Å². The molecule has 0 saturated heterocycles. The minimum Gasteiger partial charge on any atom is -0.481 e. The van der Waals surface area contributed by atoms with Crippen molar-refractivity contribution in [3.8, 4) is 0 Å². The second-order valence-corrected chi connectivity index (χ2v) is 2.48. The summed E-state index contributed by atoms with van der Waals surface area (Å²) >= 11 is 0. The second-order valence-electron chi connectivity index (χ2n) is 2.48. The van der Waals surface area contributed by atoms with Crippen LogP contribution in [0.15, 0.2) is 0 Å². The molecular formula is C6H11NO8. The summed E-state index contributed by atoms with van der Waals surface area (Å²) in [5, 5.41) is 40.3. The van der Waals surface area contributed by atoms with Crippen LogP contribution in [0.25, 0.3) is 0 Å². The van der Waals surface area contributed by atoms with Gasteiger partial charge < -0.3 is 25.6 Å². The fourth-order valence-electron chi connectivity index (χ4n) is 0.714. The quantitative estimate of drug-likeness (QED) is 0.291. The molecule has 0 spiro atoms. The first-order chi connectivity index (χ1) is 6.78. The lowest BCUT2D eigenvalue weighted by Gasteiger charge is -2.18. The molecule has 0 aromatic rings. The van der Waals surface area contributed by atoms with E-state index < -0.39 is 36.4 Å². The lowest BCUT2D eigenvalue weighted by atomic mass is 9.96. The van der Waals surface area contributed by atoms with Crippen LogP contribution in [0.3, 0.4) is 0 Å². The number of carbonyl (C=O) groups is 3. The van der Waals surface area contributed by atoms with Gasteiger partial charge in [-0.2, -0.15) is 0 Å². The van der Waals surface area contributed by atoms with Gasteiger partial charge in [-0.15, -0.1) is 0 Å². The number of carboxylic acids is 3. The van der Waals surface area contributed by atoms with Gasteiger partial charge in [0, 0.05) is 0 Å². The van der Waals surface area contributed by atoms with E-state index >= 15 is 0 Å². The van der Waals surface area contributed by atoms with Crippen molar-refractivity contribution in [3.63, 3.8) is 0 Å². The van der Waals surface area contributed by atoms with Crippen molar-refractivity contribution in [2.75, 3.05) is 0 Å². The molecule has 9 nitrogen and oxygen atoms in total. The summed E-state index contributed by atoms with van der Waals surface area (Å²) in [5.41, 5.74) is -2.74. The Morgan fingerprint density at radius 1 is 0.933 bits per heavy atom. The van der Waals surface area contributed by atoms with Gasteiger partial charge in [0.1, 0.15) is 0 Å². The Bertz CT molecular complexity index is 234. The van der Waals surface area contributed by atoms with Crippen LogP contribution in [-0.4, -0.2) is 49.1 Å². The molecule has 0 heterocycles. The molecule has 0 rings (SSSR count). The Hall–Kier alpha value is -1.71. The Morgan fingerprint density at radius 2 is 1.20 bits per heavy atom. The number of hydrogen-bond donors (Lipinski definition) is 6. The van der Waals surface area contributed by atoms with Crippen molar-refractivity contribution in [1.82, 2.24) is 0 Å². The zero-order valence-corrected chi connectivity index (χ0v) is 7.45. The van der Waals surface area contributed by atoms with Gasteiger partial charge in [0.2, 0.25) is 0 Å². The van der Waals surface area contributed by atoms with Crippen LogP contribution in [0.1, 0.15) is 12.8 Å². The van der Waals surface area contributed by atoms with E-state index in [0.717, 1.165) is 0 Å². The van der Waals surface area contributed by atoms with Crippen LogP contribution in [0, 0.1) is 0 Å². The van der Waals surface area contributed by atoms with Crippen LogP contribution in [-0.2, 0) is 14.4 Å². The molecule has 0 aliphatic carbocycles. The van der Waals surface area contributed by atoms with Crippen molar-refractivity contribution >= 4 is 17.9 Å². The molecule has 88 valence electrons. The molecule has 7 N–H and O–H groups in total. The Kier molecular flexibility index (Phi) is 7.04. The monoisotopic (exact) mass is 225 g/mol. The van der Waals surface area contributed by atoms with Crippen molar-refractivity contribution in [1.29, 1.82) is 0 Å². The number of aliphatic carboxylic acids is 3. The molecule has 9 heteroatoms. The largest absolute Gasteiger partial charge is 0.481 e. The fourth-order valence-corrected chi connectivity index (χ4v) is 0.714. The second kappa shape index (κ2) is 6.70. The topological polar surface area (TPSA) is 178 Å². The van der Waals surface area contributed by atoms with E-state index in [4.69, 9.17) is 25.6 Å². The van der Waals surface area contributed by atoms with Gasteiger partial charge in [-0.05, 0) is 0 Å². The summed E-state index contributed by atoms with van der Waals surface area (Å²) < 4.78 is 0. The first-order valence-corrected chi connectivity index (χ1v) is 3.43. The van der Waals surface area contributed by atoms with Gasteiger partial charge in [-0.25, -0.2) is 10.7 Å². The highest BCUT2D eigenvalue weighted by molar-refractivity contribution is 5.88. The summed E-state index contributed by atoms with van der Waals surface area (Å²) in [6.45, 7) is 0. The lowest BCUT2D eigenvalue weighted by Crippen LogP contribution is -2.42. The van der Waals surface area contributed by atoms with Crippen LogP contribution in [0.4, 0.5) is 0 Å². The van der Waals surface area contributed by atoms with E-state index in [1.54, 1.807) is 0 Å². The number of rotatable bonds is 5. The van der Waals surface area contributed by atoms with Gasteiger partial charge >= 0.3 is 17.9 Å². The minimum atomic E-state index is -2.74. The lowest BCUT2D eigenvalue weighted by molar-refractivity contribution is -0.170. The Balaban J connectivity index is 0. The van der Waals surface area contributed by atoms with Crippen LogP contribution < -0.4 is 5.90 Å². The third kappa shape index (κ3) is 6.37. The third-order valence-corrected chi connectivity index (χ3v) is 1.29. The average molecular weight is 225 g/mol. The molecule has 0 aromatic heterocycles. The van der Waals surface area contributed by atoms with Crippen molar-refractivity contribution in [2.24, 2.45) is 5.90 Å². The molecule has 0 aliphatic heterocycles. The molecule has 0 unspecified atom stereocenters. The third-order valence-electron chi connectivity index (χ3n) is 1.29. The standard InChI is InChI=1S/C6H8O7.H3NO/c7-3(8)1-6(13,5(11)12)2-4(9)10;1-2/h13H,1-2H2,(H,7,8)(H,9,10)(H,11,12);2H,1H2. The molecule has 0 fully saturated rings. The van der Waals surface area contributed by atoms with Gasteiger partial charge in [0.15, 0.2) is 5.60 Å². The predicted octanol–water partition coefficient (Wildman–Crippen LogP) is -1.91. The maximum atomic E-state index is 10.3. The fraction of sp³-hybridized carbons (Fsp3) is 0.500.